The van der Waals surface area contributed by atoms with Gasteiger partial charge in [0.2, 0.25) is 17.8 Å². The molecule has 1 aromatic heterocycles. The van der Waals surface area contributed by atoms with E-state index in [9.17, 15) is 18.8 Å². The van der Waals surface area contributed by atoms with Crippen LogP contribution in [0.2, 0.25) is 0 Å². The summed E-state index contributed by atoms with van der Waals surface area (Å²) in [6.45, 7) is 5.88. The Morgan fingerprint density at radius 3 is 2.61 bits per heavy atom. The number of anilines is 3. The largest absolute Gasteiger partial charge is 0.337 e. The third-order valence-corrected chi connectivity index (χ3v) is 6.08. The van der Waals surface area contributed by atoms with Crippen molar-refractivity contribution in [2.45, 2.75) is 64.5 Å². The summed E-state index contributed by atoms with van der Waals surface area (Å²) < 4.78 is 14.2. The summed E-state index contributed by atoms with van der Waals surface area (Å²) in [7, 11) is 0. The maximum atomic E-state index is 14.2. The Kier molecular flexibility index (Phi) is 5.51. The zero-order valence-electron chi connectivity index (χ0n) is 17.8. The van der Waals surface area contributed by atoms with Crippen LogP contribution in [0.5, 0.6) is 0 Å². The molecule has 0 aliphatic carbocycles. The number of halogens is 1. The van der Waals surface area contributed by atoms with Crippen LogP contribution in [0, 0.1) is 12.7 Å². The maximum Gasteiger partial charge on any atom is 0.258 e. The number of carbonyl (C=O) groups is 2. The molecule has 0 unspecified atom stereocenters. The van der Waals surface area contributed by atoms with Gasteiger partial charge in [0.05, 0.1) is 17.2 Å². The van der Waals surface area contributed by atoms with Crippen molar-refractivity contribution in [2.24, 2.45) is 0 Å². The minimum atomic E-state index is -1.06. The first-order valence-corrected chi connectivity index (χ1v) is 10.5. The van der Waals surface area contributed by atoms with Crippen LogP contribution in [-0.2, 0) is 9.59 Å². The quantitative estimate of drug-likeness (QED) is 0.698. The lowest BCUT2D eigenvalue weighted by atomic mass is 9.92. The molecule has 8 nitrogen and oxygen atoms in total. The molecule has 0 saturated carbocycles. The van der Waals surface area contributed by atoms with E-state index in [4.69, 9.17) is 0 Å². The Hall–Kier alpha value is -3.23. The highest BCUT2D eigenvalue weighted by Crippen LogP contribution is 2.32. The Balaban J connectivity index is 1.68. The summed E-state index contributed by atoms with van der Waals surface area (Å²) in [5.41, 5.74) is 0.326. The van der Waals surface area contributed by atoms with Gasteiger partial charge in [0, 0.05) is 18.5 Å². The molecule has 31 heavy (non-hydrogen) atoms. The minimum absolute atomic E-state index is 0.0000980. The van der Waals surface area contributed by atoms with Crippen LogP contribution in [0.4, 0.5) is 21.8 Å². The van der Waals surface area contributed by atoms with Gasteiger partial charge in [-0.1, -0.05) is 6.07 Å². The molecule has 0 radical (unpaired) electrons. The van der Waals surface area contributed by atoms with Crippen molar-refractivity contribution >= 4 is 29.3 Å². The second kappa shape index (κ2) is 8.13. The SMILES string of the molecule is Cc1ccc(NC(=O)[C@H]2CC(=O)Nc3nc(N4[C@@H](C)CCC[C@@H]4C)[nH]c(=O)c32)c(F)c1. The maximum absolute atomic E-state index is 14.2. The number of hydrogen-bond donors (Lipinski definition) is 3. The summed E-state index contributed by atoms with van der Waals surface area (Å²) in [6.07, 6.45) is 2.84. The number of nitrogens with one attached hydrogen (secondary N) is 3. The zero-order valence-corrected chi connectivity index (χ0v) is 17.8. The van der Waals surface area contributed by atoms with E-state index in [2.05, 4.69) is 34.4 Å². The molecular weight excluding hydrogens is 401 g/mol. The Morgan fingerprint density at radius 2 is 1.94 bits per heavy atom. The highest BCUT2D eigenvalue weighted by Gasteiger charge is 2.36. The van der Waals surface area contributed by atoms with Crippen LogP contribution >= 0.6 is 0 Å². The van der Waals surface area contributed by atoms with Gasteiger partial charge in [-0.2, -0.15) is 4.98 Å². The second-order valence-corrected chi connectivity index (χ2v) is 8.47. The van der Waals surface area contributed by atoms with Crippen molar-refractivity contribution in [3.05, 3.63) is 45.5 Å². The summed E-state index contributed by atoms with van der Waals surface area (Å²) in [6, 6.07) is 4.80. The zero-order chi connectivity index (χ0) is 22.3. The van der Waals surface area contributed by atoms with Crippen LogP contribution in [0.15, 0.2) is 23.0 Å². The first-order valence-electron chi connectivity index (χ1n) is 10.5. The number of H-pyrrole nitrogens is 1. The first kappa shape index (κ1) is 21.0. The van der Waals surface area contributed by atoms with Crippen LogP contribution in [0.25, 0.3) is 0 Å². The lowest BCUT2D eigenvalue weighted by Gasteiger charge is -2.39. The molecule has 164 valence electrons. The normalized spacial score (nSPS) is 23.2. The van der Waals surface area contributed by atoms with Gasteiger partial charge in [0.15, 0.2) is 0 Å². The van der Waals surface area contributed by atoms with Crippen molar-refractivity contribution in [2.75, 3.05) is 15.5 Å². The van der Waals surface area contributed by atoms with Gasteiger partial charge < -0.3 is 15.5 Å². The average Bonchev–Trinajstić information content (AvgIpc) is 2.69. The molecule has 2 aromatic rings. The van der Waals surface area contributed by atoms with Crippen molar-refractivity contribution in [3.63, 3.8) is 0 Å². The van der Waals surface area contributed by atoms with Gasteiger partial charge >= 0.3 is 0 Å². The van der Waals surface area contributed by atoms with Crippen LogP contribution in [0.3, 0.4) is 0 Å². The number of amides is 2. The number of hydrogen-bond acceptors (Lipinski definition) is 5. The van der Waals surface area contributed by atoms with E-state index in [-0.39, 0.29) is 35.6 Å². The standard InChI is InChI=1S/C22H26FN5O3/c1-11-7-8-16(15(23)9-11)24-20(30)14-10-17(29)25-19-18(14)21(31)27-22(26-19)28-12(2)5-4-6-13(28)3/h7-9,12-14H,4-6,10H2,1-3H3,(H,24,30)(H2,25,26,27,29,31)/t12-,13-,14-/m0/s1. The van der Waals surface area contributed by atoms with Crippen LogP contribution < -0.4 is 21.1 Å². The monoisotopic (exact) mass is 427 g/mol. The van der Waals surface area contributed by atoms with Gasteiger partial charge in [0.1, 0.15) is 11.6 Å². The molecule has 3 N–H and O–H groups in total. The van der Waals surface area contributed by atoms with E-state index in [1.54, 1.807) is 13.0 Å². The fourth-order valence-electron chi connectivity index (χ4n) is 4.49. The lowest BCUT2D eigenvalue weighted by Crippen LogP contribution is -2.46. The third kappa shape index (κ3) is 4.04. The molecule has 3 heterocycles. The molecular formula is C22H26FN5O3. The number of rotatable bonds is 3. The van der Waals surface area contributed by atoms with Crippen molar-refractivity contribution in [1.29, 1.82) is 0 Å². The molecule has 2 amide bonds. The molecule has 1 aromatic carbocycles. The van der Waals surface area contributed by atoms with Crippen LogP contribution in [0.1, 0.15) is 56.6 Å². The number of aromatic nitrogens is 2. The van der Waals surface area contributed by atoms with E-state index >= 15 is 0 Å². The van der Waals surface area contributed by atoms with Gasteiger partial charge in [-0.25, -0.2) is 4.39 Å². The Labute approximate surface area is 179 Å². The topological polar surface area (TPSA) is 107 Å². The van der Waals surface area contributed by atoms with E-state index in [1.165, 1.54) is 12.1 Å². The van der Waals surface area contributed by atoms with Crippen molar-refractivity contribution in [3.8, 4) is 0 Å². The number of aryl methyl sites for hydroxylation is 1. The number of carbonyl (C=O) groups excluding carboxylic acids is 2. The number of piperidine rings is 1. The highest BCUT2D eigenvalue weighted by molar-refractivity contribution is 6.04. The number of aromatic amines is 1. The number of nitrogens with zero attached hydrogens (tertiary/aromatic N) is 2. The number of benzene rings is 1. The molecule has 3 atom stereocenters. The fraction of sp³-hybridized carbons (Fsp3) is 0.455. The summed E-state index contributed by atoms with van der Waals surface area (Å²) >= 11 is 0. The predicted octanol–water partition coefficient (Wildman–Crippen LogP) is 3.05. The van der Waals surface area contributed by atoms with E-state index in [1.807, 2.05) is 4.90 Å². The third-order valence-electron chi connectivity index (χ3n) is 6.08. The highest BCUT2D eigenvalue weighted by atomic mass is 19.1. The fourth-order valence-corrected chi connectivity index (χ4v) is 4.49. The summed E-state index contributed by atoms with van der Waals surface area (Å²) in [5.74, 6) is -2.21. The van der Waals surface area contributed by atoms with Crippen molar-refractivity contribution < 1.29 is 14.0 Å². The molecule has 2 aliphatic heterocycles. The molecule has 9 heteroatoms. The second-order valence-electron chi connectivity index (χ2n) is 8.47. The molecule has 0 bridgehead atoms. The van der Waals surface area contributed by atoms with E-state index in [0.717, 1.165) is 19.3 Å². The average molecular weight is 427 g/mol. The minimum Gasteiger partial charge on any atom is -0.337 e. The molecule has 1 saturated heterocycles. The van der Waals surface area contributed by atoms with Gasteiger partial charge in [0.25, 0.3) is 5.56 Å². The molecule has 4 rings (SSSR count). The van der Waals surface area contributed by atoms with Crippen molar-refractivity contribution in [1.82, 2.24) is 9.97 Å². The lowest BCUT2D eigenvalue weighted by molar-refractivity contribution is -0.123. The summed E-state index contributed by atoms with van der Waals surface area (Å²) in [4.78, 5) is 47.6. The first-order chi connectivity index (χ1) is 14.7. The van der Waals surface area contributed by atoms with E-state index in [0.29, 0.717) is 11.5 Å². The van der Waals surface area contributed by atoms with E-state index < -0.39 is 29.1 Å². The molecule has 0 spiro atoms. The van der Waals surface area contributed by atoms with Crippen LogP contribution in [-0.4, -0.2) is 33.9 Å². The number of fused-ring (bicyclic) bond motifs is 1. The smallest absolute Gasteiger partial charge is 0.258 e. The predicted molar refractivity (Wildman–Crippen MR) is 116 cm³/mol. The summed E-state index contributed by atoms with van der Waals surface area (Å²) in [5, 5.41) is 5.13. The molecule has 1 fully saturated rings. The van der Waals surface area contributed by atoms with Gasteiger partial charge in [-0.15, -0.1) is 0 Å². The molecule has 2 aliphatic rings. The Morgan fingerprint density at radius 1 is 1.23 bits per heavy atom. The Bertz CT molecular complexity index is 1090. The van der Waals surface area contributed by atoms with Gasteiger partial charge in [-0.05, 0) is 57.7 Å². The van der Waals surface area contributed by atoms with Gasteiger partial charge in [-0.3, -0.25) is 19.4 Å².